The first-order valence-corrected chi connectivity index (χ1v) is 9.62. The zero-order valence-electron chi connectivity index (χ0n) is 16.0. The monoisotopic (exact) mass is 409 g/mol. The summed E-state index contributed by atoms with van der Waals surface area (Å²) in [5.74, 6) is 0.979. The third kappa shape index (κ3) is 3.56. The van der Waals surface area contributed by atoms with Gasteiger partial charge in [0.25, 0.3) is 5.91 Å². The highest BCUT2D eigenvalue weighted by atomic mass is 35.5. The molecular formula is C21H20ClN5O2. The van der Waals surface area contributed by atoms with E-state index in [1.807, 2.05) is 50.2 Å². The van der Waals surface area contributed by atoms with Crippen molar-refractivity contribution < 1.29 is 9.53 Å². The lowest BCUT2D eigenvalue weighted by molar-refractivity contribution is -0.113. The van der Waals surface area contributed by atoms with Gasteiger partial charge >= 0.3 is 0 Å². The number of hydrogen-bond donors (Lipinski definition) is 2. The van der Waals surface area contributed by atoms with E-state index in [0.717, 1.165) is 5.56 Å². The lowest BCUT2D eigenvalue weighted by Crippen LogP contribution is -2.31. The lowest BCUT2D eigenvalue weighted by Gasteiger charge is -2.29. The number of para-hydroxylation sites is 2. The topological polar surface area (TPSA) is 81.1 Å². The molecule has 148 valence electrons. The summed E-state index contributed by atoms with van der Waals surface area (Å²) in [6.45, 7) is 4.28. The van der Waals surface area contributed by atoms with E-state index in [4.69, 9.17) is 16.3 Å². The molecule has 4 rings (SSSR count). The van der Waals surface area contributed by atoms with Crippen molar-refractivity contribution in [3.63, 3.8) is 0 Å². The summed E-state index contributed by atoms with van der Waals surface area (Å²) >= 11 is 6.23. The van der Waals surface area contributed by atoms with Crippen molar-refractivity contribution in [3.05, 3.63) is 76.7 Å². The zero-order valence-corrected chi connectivity index (χ0v) is 16.8. The number of amides is 1. The van der Waals surface area contributed by atoms with Crippen LogP contribution in [0.25, 0.3) is 0 Å². The fourth-order valence-corrected chi connectivity index (χ4v) is 3.60. The first-order valence-electron chi connectivity index (χ1n) is 9.25. The second-order valence-electron chi connectivity index (χ2n) is 6.50. The van der Waals surface area contributed by atoms with E-state index in [9.17, 15) is 4.79 Å². The van der Waals surface area contributed by atoms with Crippen LogP contribution in [-0.2, 0) is 4.79 Å². The summed E-state index contributed by atoms with van der Waals surface area (Å²) in [6, 6.07) is 14.3. The van der Waals surface area contributed by atoms with Crippen LogP contribution < -0.4 is 15.4 Å². The van der Waals surface area contributed by atoms with Crippen LogP contribution in [0.15, 0.2) is 66.1 Å². The molecule has 3 aromatic rings. The second kappa shape index (κ2) is 7.97. The van der Waals surface area contributed by atoms with Crippen LogP contribution in [0.3, 0.4) is 0 Å². The Labute approximate surface area is 173 Å². The van der Waals surface area contributed by atoms with Crippen molar-refractivity contribution in [2.75, 3.05) is 17.2 Å². The van der Waals surface area contributed by atoms with Gasteiger partial charge in [0, 0.05) is 11.3 Å². The van der Waals surface area contributed by atoms with Gasteiger partial charge in [-0.05, 0) is 32.0 Å². The molecule has 2 N–H and O–H groups in total. The van der Waals surface area contributed by atoms with Crippen molar-refractivity contribution in [1.82, 2.24) is 14.8 Å². The molecule has 2 aromatic carbocycles. The minimum atomic E-state index is -0.501. The number of hydrogen-bond acceptors (Lipinski definition) is 5. The van der Waals surface area contributed by atoms with E-state index in [-0.39, 0.29) is 5.91 Å². The molecule has 8 heteroatoms. The number of ether oxygens (including phenoxy) is 1. The van der Waals surface area contributed by atoms with Gasteiger partial charge in [-0.3, -0.25) is 4.79 Å². The molecule has 0 radical (unpaired) electrons. The fraction of sp³-hybridized carbons (Fsp3) is 0.190. The summed E-state index contributed by atoms with van der Waals surface area (Å²) in [7, 11) is 0. The van der Waals surface area contributed by atoms with Crippen molar-refractivity contribution in [1.29, 1.82) is 0 Å². The van der Waals surface area contributed by atoms with E-state index in [2.05, 4.69) is 20.7 Å². The molecule has 1 atom stereocenters. The molecule has 0 aliphatic carbocycles. The van der Waals surface area contributed by atoms with Gasteiger partial charge in [-0.15, -0.1) is 0 Å². The van der Waals surface area contributed by atoms with Crippen LogP contribution in [0.5, 0.6) is 5.75 Å². The maximum atomic E-state index is 13.3. The van der Waals surface area contributed by atoms with Crippen LogP contribution >= 0.6 is 11.6 Å². The van der Waals surface area contributed by atoms with Crippen LogP contribution in [0, 0.1) is 0 Å². The molecule has 29 heavy (non-hydrogen) atoms. The number of allylic oxidation sites excluding steroid dienone is 1. The highest BCUT2D eigenvalue weighted by molar-refractivity contribution is 6.33. The summed E-state index contributed by atoms with van der Waals surface area (Å²) < 4.78 is 7.51. The zero-order chi connectivity index (χ0) is 20.4. The number of rotatable bonds is 5. The first kappa shape index (κ1) is 19.0. The largest absolute Gasteiger partial charge is 0.494 e. The molecule has 0 saturated heterocycles. The van der Waals surface area contributed by atoms with Gasteiger partial charge in [-0.25, -0.2) is 4.68 Å². The van der Waals surface area contributed by atoms with Gasteiger partial charge in [0.15, 0.2) is 0 Å². The van der Waals surface area contributed by atoms with Crippen LogP contribution in [0.1, 0.15) is 25.5 Å². The van der Waals surface area contributed by atoms with Crippen molar-refractivity contribution in [2.45, 2.75) is 19.9 Å². The number of carbonyl (C=O) groups excluding carboxylic acids is 1. The van der Waals surface area contributed by atoms with Gasteiger partial charge in [0.1, 0.15) is 18.1 Å². The third-order valence-corrected chi connectivity index (χ3v) is 5.00. The number of aromatic nitrogens is 3. The van der Waals surface area contributed by atoms with Gasteiger partial charge in [0.05, 0.1) is 22.9 Å². The SMILES string of the molecule is CCOc1ccccc1[C@H]1C(C(=O)Nc2ccccc2Cl)=C(C)Nc2ncnn21. The van der Waals surface area contributed by atoms with Gasteiger partial charge in [0.2, 0.25) is 5.95 Å². The molecule has 1 aliphatic rings. The highest BCUT2D eigenvalue weighted by Crippen LogP contribution is 2.39. The Morgan fingerprint density at radius 1 is 1.24 bits per heavy atom. The average Bonchev–Trinajstić information content (AvgIpc) is 3.17. The number of nitrogens with one attached hydrogen (secondary N) is 2. The standard InChI is InChI=1S/C21H20ClN5O2/c1-3-29-17-11-7-4-8-14(17)19-18(13(2)25-21-23-12-24-27(19)21)20(28)26-16-10-6-5-9-15(16)22/h4-12,19H,3H2,1-2H3,(H,26,28)(H,23,24,25)/t19-/m0/s1. The molecule has 1 aromatic heterocycles. The van der Waals surface area contributed by atoms with E-state index in [0.29, 0.717) is 40.3 Å². The van der Waals surface area contributed by atoms with Gasteiger partial charge < -0.3 is 15.4 Å². The van der Waals surface area contributed by atoms with E-state index in [1.165, 1.54) is 6.33 Å². The van der Waals surface area contributed by atoms with Crippen LogP contribution in [0.2, 0.25) is 5.02 Å². The van der Waals surface area contributed by atoms with E-state index >= 15 is 0 Å². The normalized spacial score (nSPS) is 15.5. The molecule has 0 spiro atoms. The maximum absolute atomic E-state index is 13.3. The Bertz CT molecular complexity index is 1090. The van der Waals surface area contributed by atoms with Crippen LogP contribution in [-0.4, -0.2) is 27.3 Å². The number of fused-ring (bicyclic) bond motifs is 1. The molecule has 0 unspecified atom stereocenters. The number of nitrogens with zero attached hydrogens (tertiary/aromatic N) is 3. The number of halogens is 1. The Hall–Kier alpha value is -3.32. The summed E-state index contributed by atoms with van der Waals surface area (Å²) in [4.78, 5) is 17.6. The number of anilines is 2. The molecule has 1 amide bonds. The molecule has 1 aliphatic heterocycles. The highest BCUT2D eigenvalue weighted by Gasteiger charge is 2.35. The average molecular weight is 410 g/mol. The Morgan fingerprint density at radius 3 is 2.79 bits per heavy atom. The molecular weight excluding hydrogens is 390 g/mol. The van der Waals surface area contributed by atoms with Crippen LogP contribution in [0.4, 0.5) is 11.6 Å². The fourth-order valence-electron chi connectivity index (χ4n) is 3.42. The molecule has 7 nitrogen and oxygen atoms in total. The van der Waals surface area contributed by atoms with E-state index < -0.39 is 6.04 Å². The Morgan fingerprint density at radius 2 is 2.00 bits per heavy atom. The molecule has 0 saturated carbocycles. The number of carbonyl (C=O) groups is 1. The minimum Gasteiger partial charge on any atom is -0.494 e. The van der Waals surface area contributed by atoms with Crippen molar-refractivity contribution in [3.8, 4) is 5.75 Å². The number of benzene rings is 2. The Balaban J connectivity index is 1.81. The quantitative estimate of drug-likeness (QED) is 0.658. The predicted octanol–water partition coefficient (Wildman–Crippen LogP) is 4.26. The first-order chi connectivity index (χ1) is 14.1. The van der Waals surface area contributed by atoms with Gasteiger partial charge in [-0.2, -0.15) is 10.1 Å². The summed E-state index contributed by atoms with van der Waals surface area (Å²) in [5, 5.41) is 10.9. The summed E-state index contributed by atoms with van der Waals surface area (Å²) in [5.41, 5.74) is 2.56. The smallest absolute Gasteiger partial charge is 0.255 e. The maximum Gasteiger partial charge on any atom is 0.255 e. The molecule has 0 fully saturated rings. The second-order valence-corrected chi connectivity index (χ2v) is 6.91. The van der Waals surface area contributed by atoms with Gasteiger partial charge in [-0.1, -0.05) is 41.9 Å². The minimum absolute atomic E-state index is 0.277. The molecule has 0 bridgehead atoms. The summed E-state index contributed by atoms with van der Waals surface area (Å²) in [6.07, 6.45) is 1.46. The molecule has 2 heterocycles. The Kier molecular flexibility index (Phi) is 5.22. The van der Waals surface area contributed by atoms with E-state index in [1.54, 1.807) is 16.8 Å². The predicted molar refractivity (Wildman–Crippen MR) is 112 cm³/mol. The van der Waals surface area contributed by atoms with Crippen molar-refractivity contribution >= 4 is 29.1 Å². The third-order valence-electron chi connectivity index (χ3n) is 4.67. The van der Waals surface area contributed by atoms with Crippen molar-refractivity contribution in [2.24, 2.45) is 0 Å². The lowest BCUT2D eigenvalue weighted by atomic mass is 9.94.